The molecule has 8 nitrogen and oxygen atoms in total. The maximum Gasteiger partial charge on any atom is 0.433 e. The number of hydrogen-bond acceptors (Lipinski definition) is 7. The summed E-state index contributed by atoms with van der Waals surface area (Å²) in [7, 11) is 1.34. The third-order valence-corrected chi connectivity index (χ3v) is 3.02. The Labute approximate surface area is 140 Å². The topological polar surface area (TPSA) is 102 Å². The molecule has 0 bridgehead atoms. The number of anilines is 3. The van der Waals surface area contributed by atoms with Gasteiger partial charge in [-0.2, -0.15) is 18.2 Å². The summed E-state index contributed by atoms with van der Waals surface area (Å²) in [5.74, 6) is -0.230. The van der Waals surface area contributed by atoms with Gasteiger partial charge in [0.25, 0.3) is 5.69 Å². The van der Waals surface area contributed by atoms with Crippen LogP contribution in [0.5, 0.6) is 5.75 Å². The highest BCUT2D eigenvalue weighted by molar-refractivity contribution is 5.69. The fourth-order valence-electron chi connectivity index (χ4n) is 1.93. The first kappa shape index (κ1) is 18.2. The van der Waals surface area contributed by atoms with Crippen LogP contribution in [-0.2, 0) is 6.18 Å². The summed E-state index contributed by atoms with van der Waals surface area (Å²) >= 11 is 0. The summed E-state index contributed by atoms with van der Waals surface area (Å²) in [6, 6.07) is 4.58. The van der Waals surface area contributed by atoms with Gasteiger partial charge in [0.05, 0.1) is 18.1 Å². The predicted molar refractivity (Wildman–Crippen MR) is 84.1 cm³/mol. The minimum Gasteiger partial charge on any atom is -0.496 e. The van der Waals surface area contributed by atoms with Crippen LogP contribution < -0.4 is 15.4 Å². The van der Waals surface area contributed by atoms with Crippen LogP contribution in [0.3, 0.4) is 0 Å². The molecule has 25 heavy (non-hydrogen) atoms. The van der Waals surface area contributed by atoms with Crippen LogP contribution in [0, 0.1) is 10.1 Å². The fourth-order valence-corrected chi connectivity index (χ4v) is 1.93. The van der Waals surface area contributed by atoms with Gasteiger partial charge < -0.3 is 15.4 Å². The zero-order chi connectivity index (χ0) is 18.6. The summed E-state index contributed by atoms with van der Waals surface area (Å²) in [6.07, 6.45) is -4.69. The van der Waals surface area contributed by atoms with Crippen molar-refractivity contribution in [1.82, 2.24) is 9.97 Å². The summed E-state index contributed by atoms with van der Waals surface area (Å²) in [5.41, 5.74) is -1.56. The van der Waals surface area contributed by atoms with Gasteiger partial charge in [-0.15, -0.1) is 0 Å². The molecule has 0 saturated carbocycles. The molecule has 2 rings (SSSR count). The van der Waals surface area contributed by atoms with Gasteiger partial charge in [-0.1, -0.05) is 0 Å². The van der Waals surface area contributed by atoms with Gasteiger partial charge in [-0.05, 0) is 19.1 Å². The Bertz CT molecular complexity index is 783. The van der Waals surface area contributed by atoms with Gasteiger partial charge in [0.1, 0.15) is 17.3 Å². The number of nitro benzene ring substituents is 1. The SMILES string of the molecule is CCNc1nc(Nc2ccc(OC)cc2[N+](=O)[O-])cc(C(F)(F)F)n1. The number of methoxy groups -OCH3 is 1. The zero-order valence-electron chi connectivity index (χ0n) is 13.2. The Morgan fingerprint density at radius 3 is 2.56 bits per heavy atom. The lowest BCUT2D eigenvalue weighted by Gasteiger charge is -2.12. The first-order valence-corrected chi connectivity index (χ1v) is 7.04. The zero-order valence-corrected chi connectivity index (χ0v) is 13.2. The number of alkyl halides is 3. The second-order valence-electron chi connectivity index (χ2n) is 4.76. The van der Waals surface area contributed by atoms with E-state index < -0.39 is 16.8 Å². The number of nitrogens with one attached hydrogen (secondary N) is 2. The highest BCUT2D eigenvalue weighted by Crippen LogP contribution is 2.33. The molecule has 1 aromatic carbocycles. The Balaban J connectivity index is 2.46. The average molecular weight is 357 g/mol. The van der Waals surface area contributed by atoms with E-state index in [9.17, 15) is 23.3 Å². The predicted octanol–water partition coefficient (Wildman–Crippen LogP) is 3.59. The summed E-state index contributed by atoms with van der Waals surface area (Å²) in [6.45, 7) is 1.98. The highest BCUT2D eigenvalue weighted by atomic mass is 19.4. The van der Waals surface area contributed by atoms with Crippen LogP contribution in [0.25, 0.3) is 0 Å². The largest absolute Gasteiger partial charge is 0.496 e. The first-order valence-electron chi connectivity index (χ1n) is 7.04. The van der Waals surface area contributed by atoms with Crippen LogP contribution in [0.15, 0.2) is 24.3 Å². The molecule has 2 N–H and O–H groups in total. The first-order chi connectivity index (χ1) is 11.7. The van der Waals surface area contributed by atoms with Crippen LogP contribution in [0.1, 0.15) is 12.6 Å². The second-order valence-corrected chi connectivity index (χ2v) is 4.76. The van der Waals surface area contributed by atoms with Crippen molar-refractivity contribution in [2.24, 2.45) is 0 Å². The van der Waals surface area contributed by atoms with Crippen molar-refractivity contribution in [2.75, 3.05) is 24.3 Å². The monoisotopic (exact) mass is 357 g/mol. The van der Waals surface area contributed by atoms with Crippen LogP contribution in [-0.4, -0.2) is 28.5 Å². The molecule has 2 aromatic rings. The van der Waals surface area contributed by atoms with Gasteiger partial charge in [0, 0.05) is 12.6 Å². The number of ether oxygens (including phenoxy) is 1. The molecule has 0 spiro atoms. The van der Waals surface area contributed by atoms with Gasteiger partial charge in [-0.3, -0.25) is 10.1 Å². The van der Waals surface area contributed by atoms with E-state index in [1.165, 1.54) is 19.2 Å². The lowest BCUT2D eigenvalue weighted by atomic mass is 10.2. The number of benzene rings is 1. The number of nitro groups is 1. The van der Waals surface area contributed by atoms with Crippen molar-refractivity contribution in [3.05, 3.63) is 40.1 Å². The normalized spacial score (nSPS) is 11.1. The van der Waals surface area contributed by atoms with Crippen molar-refractivity contribution >= 4 is 23.1 Å². The summed E-state index contributed by atoms with van der Waals surface area (Å²) < 4.78 is 43.8. The van der Waals surface area contributed by atoms with Gasteiger partial charge in [0.15, 0.2) is 5.69 Å². The van der Waals surface area contributed by atoms with E-state index in [1.54, 1.807) is 6.92 Å². The Morgan fingerprint density at radius 2 is 2.00 bits per heavy atom. The number of nitrogens with zero attached hydrogens (tertiary/aromatic N) is 3. The number of aromatic nitrogens is 2. The lowest BCUT2D eigenvalue weighted by molar-refractivity contribution is -0.384. The molecule has 0 atom stereocenters. The van der Waals surface area contributed by atoms with Crippen LogP contribution in [0.2, 0.25) is 0 Å². The molecular weight excluding hydrogens is 343 g/mol. The fraction of sp³-hybridized carbons (Fsp3) is 0.286. The molecule has 0 radical (unpaired) electrons. The molecule has 0 aliphatic rings. The number of halogens is 3. The lowest BCUT2D eigenvalue weighted by Crippen LogP contribution is -2.13. The molecule has 0 fully saturated rings. The van der Waals surface area contributed by atoms with E-state index in [1.807, 2.05) is 0 Å². The molecule has 0 saturated heterocycles. The maximum absolute atomic E-state index is 13.0. The van der Waals surface area contributed by atoms with Crippen LogP contribution >= 0.6 is 0 Å². The van der Waals surface area contributed by atoms with Crippen molar-refractivity contribution in [3.8, 4) is 5.75 Å². The van der Waals surface area contributed by atoms with E-state index in [0.29, 0.717) is 12.6 Å². The van der Waals surface area contributed by atoms with Gasteiger partial charge in [-0.25, -0.2) is 4.98 Å². The Morgan fingerprint density at radius 1 is 1.28 bits per heavy atom. The van der Waals surface area contributed by atoms with E-state index in [0.717, 1.165) is 6.07 Å². The molecule has 0 amide bonds. The molecule has 1 aromatic heterocycles. The summed E-state index contributed by atoms with van der Waals surface area (Å²) in [4.78, 5) is 17.7. The number of hydrogen-bond donors (Lipinski definition) is 2. The summed E-state index contributed by atoms with van der Waals surface area (Å²) in [5, 5.41) is 16.3. The smallest absolute Gasteiger partial charge is 0.433 e. The molecule has 0 aliphatic heterocycles. The van der Waals surface area contributed by atoms with Crippen molar-refractivity contribution in [1.29, 1.82) is 0 Å². The third kappa shape index (κ3) is 4.46. The maximum atomic E-state index is 13.0. The minimum absolute atomic E-state index is 0.0277. The van der Waals surface area contributed by atoms with Crippen LogP contribution in [0.4, 0.5) is 36.3 Å². The van der Waals surface area contributed by atoms with Gasteiger partial charge in [0.2, 0.25) is 5.95 Å². The second kappa shape index (κ2) is 7.20. The molecule has 1 heterocycles. The third-order valence-electron chi connectivity index (χ3n) is 3.02. The molecule has 11 heteroatoms. The standard InChI is InChI=1S/C14H14F3N5O3/c1-3-18-13-20-11(14(15,16)17)7-12(21-13)19-9-5-4-8(25-2)6-10(9)22(23)24/h4-7H,3H2,1-2H3,(H2,18,19,20,21). The van der Waals surface area contributed by atoms with Crippen molar-refractivity contribution in [3.63, 3.8) is 0 Å². The van der Waals surface area contributed by atoms with Crippen molar-refractivity contribution < 1.29 is 22.8 Å². The molecule has 0 aliphatic carbocycles. The molecule has 134 valence electrons. The number of rotatable bonds is 6. The Hall–Kier alpha value is -3.11. The molecule has 0 unspecified atom stereocenters. The van der Waals surface area contributed by atoms with E-state index in [-0.39, 0.29) is 28.9 Å². The van der Waals surface area contributed by atoms with E-state index in [2.05, 4.69) is 20.6 Å². The van der Waals surface area contributed by atoms with Crippen molar-refractivity contribution in [2.45, 2.75) is 13.1 Å². The van der Waals surface area contributed by atoms with E-state index in [4.69, 9.17) is 4.74 Å². The minimum atomic E-state index is -4.69. The Kier molecular flexibility index (Phi) is 5.25. The highest BCUT2D eigenvalue weighted by Gasteiger charge is 2.34. The van der Waals surface area contributed by atoms with E-state index >= 15 is 0 Å². The average Bonchev–Trinajstić information content (AvgIpc) is 2.54. The van der Waals surface area contributed by atoms with Gasteiger partial charge >= 0.3 is 6.18 Å². The molecular formula is C14H14F3N5O3. The quantitative estimate of drug-likeness (QED) is 0.602.